The molecule has 0 spiro atoms. The van der Waals surface area contributed by atoms with Gasteiger partial charge in [-0.1, -0.05) is 30.3 Å². The lowest BCUT2D eigenvalue weighted by Crippen LogP contribution is -2.08. The summed E-state index contributed by atoms with van der Waals surface area (Å²) in [5.41, 5.74) is 0.162. The Hall–Kier alpha value is -1.75. The molecule has 0 saturated heterocycles. The zero-order chi connectivity index (χ0) is 14.6. The van der Waals surface area contributed by atoms with Crippen molar-refractivity contribution in [3.63, 3.8) is 0 Å². The number of ether oxygens (including phenoxy) is 1. The van der Waals surface area contributed by atoms with Gasteiger partial charge < -0.3 is 4.74 Å². The van der Waals surface area contributed by atoms with Gasteiger partial charge in [0.25, 0.3) is 0 Å². The molecule has 0 N–H and O–H groups in total. The molecule has 0 saturated carbocycles. The van der Waals surface area contributed by atoms with E-state index in [1.807, 2.05) is 30.3 Å². The quantitative estimate of drug-likeness (QED) is 0.780. The average Bonchev–Trinajstić information content (AvgIpc) is 2.45. The minimum atomic E-state index is -4.45. The maximum Gasteiger partial charge on any atom is 0.416 e. The second kappa shape index (κ2) is 6.13. The van der Waals surface area contributed by atoms with Gasteiger partial charge in [-0.3, -0.25) is 0 Å². The van der Waals surface area contributed by atoms with Gasteiger partial charge in [-0.2, -0.15) is 13.2 Å². The van der Waals surface area contributed by atoms with E-state index in [1.54, 1.807) is 0 Å². The van der Waals surface area contributed by atoms with Crippen molar-refractivity contribution in [3.8, 4) is 5.88 Å². The van der Waals surface area contributed by atoms with E-state index in [4.69, 9.17) is 16.3 Å². The lowest BCUT2D eigenvalue weighted by atomic mass is 10.2. The minimum absolute atomic E-state index is 0.0840. The molecule has 0 radical (unpaired) electrons. The summed E-state index contributed by atoms with van der Waals surface area (Å²) in [6.45, 7) is 0.150. The average molecular weight is 302 g/mol. The van der Waals surface area contributed by atoms with Crippen LogP contribution in [0.1, 0.15) is 16.8 Å². The first-order valence-electron chi connectivity index (χ1n) is 5.80. The maximum absolute atomic E-state index is 12.7. The molecule has 1 aromatic heterocycles. The molecule has 0 unspecified atom stereocenters. The summed E-state index contributed by atoms with van der Waals surface area (Å²) in [4.78, 5) is 3.93. The van der Waals surface area contributed by atoms with Gasteiger partial charge in [-0.25, -0.2) is 4.98 Å². The van der Waals surface area contributed by atoms with Crippen LogP contribution in [0.25, 0.3) is 0 Å². The van der Waals surface area contributed by atoms with Crippen LogP contribution >= 0.6 is 11.6 Å². The van der Waals surface area contributed by atoms with E-state index in [-0.39, 0.29) is 24.1 Å². The molecule has 0 amide bonds. The number of nitrogens with zero attached hydrogens (tertiary/aromatic N) is 1. The second-order valence-electron chi connectivity index (χ2n) is 4.09. The van der Waals surface area contributed by atoms with Crippen LogP contribution in [0, 0.1) is 0 Å². The van der Waals surface area contributed by atoms with Crippen molar-refractivity contribution in [1.29, 1.82) is 0 Å². The Labute approximate surface area is 119 Å². The zero-order valence-corrected chi connectivity index (χ0v) is 11.1. The Morgan fingerprint density at radius 1 is 1.10 bits per heavy atom. The number of pyridine rings is 1. The van der Waals surface area contributed by atoms with Gasteiger partial charge in [0.1, 0.15) is 6.61 Å². The normalized spacial score (nSPS) is 11.4. The van der Waals surface area contributed by atoms with Crippen LogP contribution in [0.5, 0.6) is 5.88 Å². The van der Waals surface area contributed by atoms with Crippen LogP contribution in [0.15, 0.2) is 42.5 Å². The fourth-order valence-electron chi connectivity index (χ4n) is 1.60. The summed E-state index contributed by atoms with van der Waals surface area (Å²) in [6, 6.07) is 10.9. The number of rotatable bonds is 4. The predicted octanol–water partition coefficient (Wildman–Crippen LogP) is 4.42. The van der Waals surface area contributed by atoms with Crippen molar-refractivity contribution in [2.24, 2.45) is 0 Å². The first-order valence-corrected chi connectivity index (χ1v) is 6.33. The Morgan fingerprint density at radius 3 is 2.40 bits per heavy atom. The highest BCUT2D eigenvalue weighted by molar-refractivity contribution is 6.16. The van der Waals surface area contributed by atoms with E-state index in [2.05, 4.69) is 4.98 Å². The minimum Gasteiger partial charge on any atom is -0.473 e. The van der Waals surface area contributed by atoms with Crippen molar-refractivity contribution >= 4 is 11.6 Å². The molecule has 2 nitrogen and oxygen atoms in total. The van der Waals surface area contributed by atoms with Gasteiger partial charge in [0, 0.05) is 6.07 Å². The van der Waals surface area contributed by atoms with E-state index in [0.29, 0.717) is 0 Å². The fourth-order valence-corrected chi connectivity index (χ4v) is 1.73. The highest BCUT2D eigenvalue weighted by Crippen LogP contribution is 2.31. The van der Waals surface area contributed by atoms with Crippen LogP contribution in [-0.2, 0) is 18.7 Å². The van der Waals surface area contributed by atoms with Crippen LogP contribution in [0.2, 0.25) is 0 Å². The van der Waals surface area contributed by atoms with Gasteiger partial charge in [0.05, 0.1) is 17.1 Å². The molecule has 0 fully saturated rings. The third-order valence-electron chi connectivity index (χ3n) is 2.55. The summed E-state index contributed by atoms with van der Waals surface area (Å²) in [6.07, 6.45) is -4.45. The van der Waals surface area contributed by atoms with Crippen molar-refractivity contribution in [1.82, 2.24) is 4.98 Å². The smallest absolute Gasteiger partial charge is 0.416 e. The van der Waals surface area contributed by atoms with E-state index < -0.39 is 11.7 Å². The summed E-state index contributed by atoms with van der Waals surface area (Å²) >= 11 is 5.55. The van der Waals surface area contributed by atoms with Crippen molar-refractivity contribution < 1.29 is 17.9 Å². The Morgan fingerprint density at radius 2 is 1.80 bits per heavy atom. The second-order valence-corrected chi connectivity index (χ2v) is 4.36. The standard InChI is InChI=1S/C14H11ClF3NO/c15-8-12-6-11(14(16,17)18)7-13(19-12)20-9-10-4-2-1-3-5-10/h1-7H,8-9H2. The summed E-state index contributed by atoms with van der Waals surface area (Å²) in [7, 11) is 0. The fraction of sp³-hybridized carbons (Fsp3) is 0.214. The molecule has 20 heavy (non-hydrogen) atoms. The van der Waals surface area contributed by atoms with Gasteiger partial charge in [0.15, 0.2) is 0 Å². The number of hydrogen-bond donors (Lipinski definition) is 0. The third-order valence-corrected chi connectivity index (χ3v) is 2.82. The molecule has 0 aliphatic heterocycles. The molecular formula is C14H11ClF3NO. The number of aromatic nitrogens is 1. The molecule has 106 valence electrons. The lowest BCUT2D eigenvalue weighted by Gasteiger charge is -2.11. The summed E-state index contributed by atoms with van der Waals surface area (Å²) in [5, 5.41) is 0. The molecule has 1 aromatic carbocycles. The van der Waals surface area contributed by atoms with Crippen LogP contribution in [0.4, 0.5) is 13.2 Å². The number of hydrogen-bond acceptors (Lipinski definition) is 2. The van der Waals surface area contributed by atoms with Gasteiger partial charge >= 0.3 is 6.18 Å². The number of benzene rings is 1. The first-order chi connectivity index (χ1) is 9.49. The van der Waals surface area contributed by atoms with Crippen molar-refractivity contribution in [2.45, 2.75) is 18.7 Å². The van der Waals surface area contributed by atoms with Gasteiger partial charge in [-0.05, 0) is 11.6 Å². The lowest BCUT2D eigenvalue weighted by molar-refractivity contribution is -0.137. The molecule has 1 heterocycles. The third kappa shape index (κ3) is 3.87. The van der Waals surface area contributed by atoms with Crippen LogP contribution in [0.3, 0.4) is 0 Å². The SMILES string of the molecule is FC(F)(F)c1cc(CCl)nc(OCc2ccccc2)c1. The van der Waals surface area contributed by atoms with E-state index >= 15 is 0 Å². The van der Waals surface area contributed by atoms with E-state index in [1.165, 1.54) is 0 Å². The van der Waals surface area contributed by atoms with Crippen LogP contribution in [-0.4, -0.2) is 4.98 Å². The van der Waals surface area contributed by atoms with Gasteiger partial charge in [0.2, 0.25) is 5.88 Å². The molecule has 2 aromatic rings. The zero-order valence-electron chi connectivity index (χ0n) is 10.3. The highest BCUT2D eigenvalue weighted by atomic mass is 35.5. The Bertz CT molecular complexity index is 572. The number of halogens is 4. The number of alkyl halides is 4. The molecule has 6 heteroatoms. The van der Waals surface area contributed by atoms with Gasteiger partial charge in [-0.15, -0.1) is 11.6 Å². The predicted molar refractivity (Wildman–Crippen MR) is 69.6 cm³/mol. The molecule has 2 rings (SSSR count). The van der Waals surface area contributed by atoms with E-state index in [0.717, 1.165) is 17.7 Å². The molecule has 0 aliphatic carbocycles. The highest BCUT2D eigenvalue weighted by Gasteiger charge is 2.31. The molecular weight excluding hydrogens is 291 g/mol. The summed E-state index contributed by atoms with van der Waals surface area (Å²) in [5.74, 6) is -0.189. The molecule has 0 aliphatic rings. The maximum atomic E-state index is 12.7. The van der Waals surface area contributed by atoms with Crippen molar-refractivity contribution in [3.05, 3.63) is 59.3 Å². The molecule has 0 bridgehead atoms. The Kier molecular flexibility index (Phi) is 4.49. The Balaban J connectivity index is 2.19. The van der Waals surface area contributed by atoms with Crippen molar-refractivity contribution in [2.75, 3.05) is 0 Å². The van der Waals surface area contributed by atoms with Crippen LogP contribution < -0.4 is 4.74 Å². The first kappa shape index (κ1) is 14.7. The largest absolute Gasteiger partial charge is 0.473 e. The van der Waals surface area contributed by atoms with E-state index in [9.17, 15) is 13.2 Å². The summed E-state index contributed by atoms with van der Waals surface area (Å²) < 4.78 is 43.5. The molecule has 0 atom stereocenters. The monoisotopic (exact) mass is 301 g/mol. The topological polar surface area (TPSA) is 22.1 Å².